The molecule has 0 aromatic rings. The number of ether oxygens (including phenoxy) is 1. The molecule has 1 fully saturated rings. The van der Waals surface area contributed by atoms with Crippen LogP contribution in [0.25, 0.3) is 0 Å². The van der Waals surface area contributed by atoms with E-state index in [1.54, 1.807) is 6.92 Å². The molecule has 0 bridgehead atoms. The van der Waals surface area contributed by atoms with E-state index in [1.807, 2.05) is 0 Å². The smallest absolute Gasteiger partial charge is 0.216 e. The van der Waals surface area contributed by atoms with Crippen molar-refractivity contribution in [1.82, 2.24) is 5.32 Å². The number of carbonyl (C=O) groups is 1. The fraction of sp³-hybridized carbons (Fsp3) is 0.909. The Hall–Kier alpha value is -0.570. The lowest BCUT2D eigenvalue weighted by Gasteiger charge is -2.09. The van der Waals surface area contributed by atoms with Crippen LogP contribution in [-0.2, 0) is 9.53 Å². The molecule has 0 unspecified atom stereocenters. The average Bonchev–Trinajstić information content (AvgIpc) is 2.63. The summed E-state index contributed by atoms with van der Waals surface area (Å²) in [6.45, 7) is 3.97. The molecule has 82 valence electrons. The Morgan fingerprint density at radius 2 is 2.14 bits per heavy atom. The number of rotatable bonds is 6. The normalized spacial score (nSPS) is 17.2. The molecular formula is C11H21NO2. The van der Waals surface area contributed by atoms with E-state index in [-0.39, 0.29) is 5.91 Å². The fourth-order valence-electron chi connectivity index (χ4n) is 1.87. The Kier molecular flexibility index (Phi) is 5.60. The first-order chi connectivity index (χ1) is 6.79. The van der Waals surface area contributed by atoms with Gasteiger partial charge >= 0.3 is 0 Å². The van der Waals surface area contributed by atoms with Crippen LogP contribution in [0.4, 0.5) is 0 Å². The molecule has 0 spiro atoms. The number of carbonyl (C=O) groups excluding carboxylic acids is 1. The second-order valence-electron chi connectivity index (χ2n) is 4.06. The lowest BCUT2D eigenvalue weighted by Crippen LogP contribution is -2.22. The van der Waals surface area contributed by atoms with Gasteiger partial charge in [-0.1, -0.05) is 12.8 Å². The van der Waals surface area contributed by atoms with E-state index in [4.69, 9.17) is 4.74 Å². The summed E-state index contributed by atoms with van der Waals surface area (Å²) in [7, 11) is 0. The maximum absolute atomic E-state index is 10.5. The first-order valence-electron chi connectivity index (χ1n) is 5.61. The van der Waals surface area contributed by atoms with Crippen LogP contribution in [0.3, 0.4) is 0 Å². The molecule has 1 aliphatic rings. The van der Waals surface area contributed by atoms with Crippen molar-refractivity contribution in [2.45, 2.75) is 39.0 Å². The van der Waals surface area contributed by atoms with Crippen LogP contribution in [0.1, 0.15) is 39.0 Å². The minimum Gasteiger partial charge on any atom is -0.381 e. The summed E-state index contributed by atoms with van der Waals surface area (Å²) in [4.78, 5) is 10.5. The van der Waals surface area contributed by atoms with Crippen molar-refractivity contribution < 1.29 is 9.53 Å². The average molecular weight is 199 g/mol. The molecule has 0 aromatic carbocycles. The van der Waals surface area contributed by atoms with Gasteiger partial charge in [-0.15, -0.1) is 0 Å². The molecule has 0 heterocycles. The van der Waals surface area contributed by atoms with E-state index in [9.17, 15) is 4.79 Å². The quantitative estimate of drug-likeness (QED) is 0.661. The Morgan fingerprint density at radius 3 is 2.79 bits per heavy atom. The molecule has 0 saturated heterocycles. The van der Waals surface area contributed by atoms with Crippen molar-refractivity contribution in [3.8, 4) is 0 Å². The van der Waals surface area contributed by atoms with Crippen molar-refractivity contribution in [1.29, 1.82) is 0 Å². The Labute approximate surface area is 86.2 Å². The van der Waals surface area contributed by atoms with Crippen LogP contribution < -0.4 is 5.32 Å². The second kappa shape index (κ2) is 6.82. The Bertz CT molecular complexity index is 165. The van der Waals surface area contributed by atoms with E-state index in [2.05, 4.69) is 5.32 Å². The zero-order chi connectivity index (χ0) is 10.2. The monoisotopic (exact) mass is 199 g/mol. The highest BCUT2D eigenvalue weighted by atomic mass is 16.5. The van der Waals surface area contributed by atoms with Crippen LogP contribution in [0.2, 0.25) is 0 Å². The molecule has 1 saturated carbocycles. The maximum Gasteiger partial charge on any atom is 0.216 e. The van der Waals surface area contributed by atoms with Gasteiger partial charge in [-0.3, -0.25) is 4.79 Å². The van der Waals surface area contributed by atoms with Crippen LogP contribution in [0.5, 0.6) is 0 Å². The third kappa shape index (κ3) is 5.22. The van der Waals surface area contributed by atoms with Gasteiger partial charge in [-0.05, 0) is 25.2 Å². The molecule has 3 nitrogen and oxygen atoms in total. The molecule has 14 heavy (non-hydrogen) atoms. The summed E-state index contributed by atoms with van der Waals surface area (Å²) < 4.78 is 5.55. The van der Waals surface area contributed by atoms with Gasteiger partial charge in [0.05, 0.1) is 0 Å². The largest absolute Gasteiger partial charge is 0.381 e. The number of hydrogen-bond donors (Lipinski definition) is 1. The van der Waals surface area contributed by atoms with E-state index in [0.717, 1.165) is 32.1 Å². The molecule has 1 amide bonds. The first kappa shape index (κ1) is 11.5. The van der Waals surface area contributed by atoms with Crippen LogP contribution in [-0.4, -0.2) is 25.7 Å². The predicted octanol–water partition coefficient (Wildman–Crippen LogP) is 1.72. The van der Waals surface area contributed by atoms with Crippen molar-refractivity contribution in [2.24, 2.45) is 5.92 Å². The van der Waals surface area contributed by atoms with Crippen LogP contribution in [0, 0.1) is 5.92 Å². The van der Waals surface area contributed by atoms with Gasteiger partial charge in [-0.25, -0.2) is 0 Å². The van der Waals surface area contributed by atoms with E-state index in [1.165, 1.54) is 25.7 Å². The molecular weight excluding hydrogens is 178 g/mol. The van der Waals surface area contributed by atoms with Crippen molar-refractivity contribution in [3.63, 3.8) is 0 Å². The molecule has 0 atom stereocenters. The van der Waals surface area contributed by atoms with Crippen molar-refractivity contribution in [2.75, 3.05) is 19.8 Å². The summed E-state index contributed by atoms with van der Waals surface area (Å²) in [6.07, 6.45) is 6.35. The fourth-order valence-corrected chi connectivity index (χ4v) is 1.87. The molecule has 3 heteroatoms. The molecule has 1 rings (SSSR count). The molecule has 0 aromatic heterocycles. The van der Waals surface area contributed by atoms with Gasteiger partial charge in [0.15, 0.2) is 0 Å². The first-order valence-corrected chi connectivity index (χ1v) is 5.61. The molecule has 1 aliphatic carbocycles. The highest BCUT2D eigenvalue weighted by Gasteiger charge is 2.14. The van der Waals surface area contributed by atoms with Crippen molar-refractivity contribution >= 4 is 5.91 Å². The van der Waals surface area contributed by atoms with Gasteiger partial charge in [-0.2, -0.15) is 0 Å². The number of nitrogens with one attached hydrogen (secondary N) is 1. The zero-order valence-electron chi connectivity index (χ0n) is 9.05. The lowest BCUT2D eigenvalue weighted by molar-refractivity contribution is -0.119. The minimum atomic E-state index is 0.0424. The van der Waals surface area contributed by atoms with Crippen molar-refractivity contribution in [3.05, 3.63) is 0 Å². The van der Waals surface area contributed by atoms with Gasteiger partial charge in [0.25, 0.3) is 0 Å². The molecule has 0 radical (unpaired) electrons. The van der Waals surface area contributed by atoms with E-state index in [0.29, 0.717) is 0 Å². The van der Waals surface area contributed by atoms with Crippen LogP contribution >= 0.6 is 0 Å². The van der Waals surface area contributed by atoms with Crippen LogP contribution in [0.15, 0.2) is 0 Å². The van der Waals surface area contributed by atoms with Gasteiger partial charge in [0, 0.05) is 26.7 Å². The van der Waals surface area contributed by atoms with E-state index >= 15 is 0 Å². The Morgan fingerprint density at radius 1 is 1.43 bits per heavy atom. The van der Waals surface area contributed by atoms with Gasteiger partial charge in [0.1, 0.15) is 0 Å². The number of amides is 1. The summed E-state index contributed by atoms with van der Waals surface area (Å²) in [6, 6.07) is 0. The van der Waals surface area contributed by atoms with E-state index < -0.39 is 0 Å². The lowest BCUT2D eigenvalue weighted by atomic mass is 10.1. The topological polar surface area (TPSA) is 38.3 Å². The zero-order valence-corrected chi connectivity index (χ0v) is 9.05. The highest BCUT2D eigenvalue weighted by molar-refractivity contribution is 5.72. The van der Waals surface area contributed by atoms with Gasteiger partial charge < -0.3 is 10.1 Å². The number of hydrogen-bond acceptors (Lipinski definition) is 2. The third-order valence-electron chi connectivity index (χ3n) is 2.67. The second-order valence-corrected chi connectivity index (χ2v) is 4.06. The summed E-state index contributed by atoms with van der Waals surface area (Å²) in [5, 5.41) is 2.76. The highest BCUT2D eigenvalue weighted by Crippen LogP contribution is 2.24. The maximum atomic E-state index is 10.5. The summed E-state index contributed by atoms with van der Waals surface area (Å²) in [5.41, 5.74) is 0. The summed E-state index contributed by atoms with van der Waals surface area (Å²) >= 11 is 0. The predicted molar refractivity (Wildman–Crippen MR) is 56.1 cm³/mol. The standard InChI is InChI=1S/C11H21NO2/c1-10(13)12-7-4-8-14-9-11-5-2-3-6-11/h11H,2-9H2,1H3,(H,12,13). The Balaban J connectivity index is 1.82. The van der Waals surface area contributed by atoms with Gasteiger partial charge in [0.2, 0.25) is 5.91 Å². The summed E-state index contributed by atoms with van der Waals surface area (Å²) in [5.74, 6) is 0.844. The molecule has 0 aliphatic heterocycles. The molecule has 1 N–H and O–H groups in total. The third-order valence-corrected chi connectivity index (χ3v) is 2.67. The minimum absolute atomic E-state index is 0.0424. The SMILES string of the molecule is CC(=O)NCCCOCC1CCCC1.